The van der Waals surface area contributed by atoms with Crippen LogP contribution in [0.3, 0.4) is 0 Å². The van der Waals surface area contributed by atoms with E-state index in [4.69, 9.17) is 14.3 Å². The molecule has 0 atom stereocenters. The largest absolute Gasteiger partial charge is 0.489 e. The van der Waals surface area contributed by atoms with E-state index in [9.17, 15) is 9.59 Å². The van der Waals surface area contributed by atoms with Crippen molar-refractivity contribution in [1.82, 2.24) is 5.43 Å². The Morgan fingerprint density at radius 2 is 1.89 bits per heavy atom. The number of carbonyl (C=O) groups excluding carboxylic acids is 1. The molecule has 0 spiro atoms. The summed E-state index contributed by atoms with van der Waals surface area (Å²) >= 11 is 3.40. The normalized spacial score (nSPS) is 11.0. The van der Waals surface area contributed by atoms with Gasteiger partial charge in [-0.05, 0) is 77.7 Å². The molecule has 0 bridgehead atoms. The van der Waals surface area contributed by atoms with Crippen LogP contribution >= 0.6 is 15.9 Å². The maximum Gasteiger partial charge on any atom is 0.335 e. The number of furan rings is 1. The van der Waals surface area contributed by atoms with E-state index in [1.165, 1.54) is 6.21 Å². The quantitative estimate of drug-likeness (QED) is 0.157. The van der Waals surface area contributed by atoms with Crippen LogP contribution in [-0.4, -0.2) is 23.2 Å². The number of ether oxygens (including phenoxy) is 1. The number of nitrogens with zero attached hydrogens (tertiary/aromatic N) is 1. The molecule has 8 heteroatoms. The third kappa shape index (κ3) is 6.04. The maximum atomic E-state index is 12.4. The van der Waals surface area contributed by atoms with Gasteiger partial charge in [0.15, 0.2) is 5.76 Å². The SMILES string of the molecule is C=CCc1cc(/C=N/NC(=O)c2cc3cc(Br)ccc3o2)ccc1OCc1ccc(C(=O)O)cc1. The number of rotatable bonds is 9. The van der Waals surface area contributed by atoms with Gasteiger partial charge in [0.2, 0.25) is 0 Å². The number of hydrazone groups is 1. The van der Waals surface area contributed by atoms with Gasteiger partial charge in [0.05, 0.1) is 11.8 Å². The second-order valence-corrected chi connectivity index (χ2v) is 8.56. The number of hydrogen-bond donors (Lipinski definition) is 2. The van der Waals surface area contributed by atoms with Gasteiger partial charge in [-0.3, -0.25) is 4.79 Å². The number of amides is 1. The lowest BCUT2D eigenvalue weighted by Crippen LogP contribution is -2.16. The summed E-state index contributed by atoms with van der Waals surface area (Å²) in [6, 6.07) is 19.2. The average molecular weight is 533 g/mol. The van der Waals surface area contributed by atoms with Crippen LogP contribution in [0.15, 0.2) is 93.4 Å². The summed E-state index contributed by atoms with van der Waals surface area (Å²) in [6.07, 6.45) is 3.89. The summed E-state index contributed by atoms with van der Waals surface area (Å²) in [5.74, 6) is -0.566. The van der Waals surface area contributed by atoms with Crippen LogP contribution in [0.1, 0.15) is 37.6 Å². The zero-order chi connectivity index (χ0) is 24.8. The molecule has 0 aliphatic carbocycles. The lowest BCUT2D eigenvalue weighted by molar-refractivity contribution is 0.0696. The maximum absolute atomic E-state index is 12.4. The molecule has 1 amide bonds. The average Bonchev–Trinajstić information content (AvgIpc) is 3.27. The molecule has 3 aromatic carbocycles. The molecule has 2 N–H and O–H groups in total. The number of fused-ring (bicyclic) bond motifs is 1. The van der Waals surface area contributed by atoms with E-state index >= 15 is 0 Å². The Morgan fingerprint density at radius 3 is 2.63 bits per heavy atom. The highest BCUT2D eigenvalue weighted by Crippen LogP contribution is 2.24. The zero-order valence-corrected chi connectivity index (χ0v) is 20.1. The molecule has 1 heterocycles. The van der Waals surface area contributed by atoms with Crippen LogP contribution < -0.4 is 10.2 Å². The summed E-state index contributed by atoms with van der Waals surface area (Å²) in [5.41, 5.74) is 5.85. The number of halogens is 1. The van der Waals surface area contributed by atoms with Gasteiger partial charge < -0.3 is 14.3 Å². The van der Waals surface area contributed by atoms with Gasteiger partial charge in [-0.2, -0.15) is 5.10 Å². The Morgan fingerprint density at radius 1 is 1.09 bits per heavy atom. The Bertz CT molecular complexity index is 1420. The molecule has 0 radical (unpaired) electrons. The second kappa shape index (κ2) is 10.8. The molecule has 1 aromatic heterocycles. The molecule has 0 unspecified atom stereocenters. The van der Waals surface area contributed by atoms with E-state index in [1.807, 2.05) is 30.3 Å². The van der Waals surface area contributed by atoms with Gasteiger partial charge in [-0.15, -0.1) is 6.58 Å². The van der Waals surface area contributed by atoms with E-state index in [1.54, 1.807) is 42.5 Å². The molecule has 4 aromatic rings. The molecule has 176 valence electrons. The third-order valence-corrected chi connectivity index (χ3v) is 5.62. The van der Waals surface area contributed by atoms with Crippen LogP contribution in [0.2, 0.25) is 0 Å². The van der Waals surface area contributed by atoms with E-state index in [-0.39, 0.29) is 11.3 Å². The number of nitrogens with one attached hydrogen (secondary N) is 1. The minimum Gasteiger partial charge on any atom is -0.489 e. The molecule has 0 fully saturated rings. The number of allylic oxidation sites excluding steroid dienone is 1. The predicted octanol–water partition coefficient (Wildman–Crippen LogP) is 5.96. The van der Waals surface area contributed by atoms with Crippen molar-refractivity contribution in [1.29, 1.82) is 0 Å². The van der Waals surface area contributed by atoms with Crippen LogP contribution in [0.5, 0.6) is 5.75 Å². The fraction of sp³-hybridized carbons (Fsp3) is 0.0741. The standard InChI is InChI=1S/C27H21BrN2O5/c1-2-3-20-12-18(6-10-23(20)34-16-17-4-7-19(8-5-17)27(32)33)15-29-30-26(31)25-14-21-13-22(28)9-11-24(21)35-25/h2,4-15H,1,3,16H2,(H,30,31)(H,32,33)/b29-15+. The van der Waals surface area contributed by atoms with Crippen LogP contribution in [-0.2, 0) is 13.0 Å². The molecular formula is C27H21BrN2O5. The predicted molar refractivity (Wildman–Crippen MR) is 137 cm³/mol. The minimum atomic E-state index is -0.968. The molecule has 4 rings (SSSR count). The van der Waals surface area contributed by atoms with E-state index < -0.39 is 11.9 Å². The Balaban J connectivity index is 1.41. The topological polar surface area (TPSA) is 101 Å². The van der Waals surface area contributed by atoms with Crippen molar-refractivity contribution in [2.45, 2.75) is 13.0 Å². The van der Waals surface area contributed by atoms with Crippen LogP contribution in [0.4, 0.5) is 0 Å². The monoisotopic (exact) mass is 532 g/mol. The lowest BCUT2D eigenvalue weighted by Gasteiger charge is -2.12. The van der Waals surface area contributed by atoms with Crippen molar-refractivity contribution < 1.29 is 23.8 Å². The van der Waals surface area contributed by atoms with Crippen molar-refractivity contribution in [3.8, 4) is 5.75 Å². The number of aromatic carboxylic acids is 1. The number of hydrogen-bond acceptors (Lipinski definition) is 5. The zero-order valence-electron chi connectivity index (χ0n) is 18.5. The van der Waals surface area contributed by atoms with Crippen molar-refractivity contribution in [2.75, 3.05) is 0 Å². The van der Waals surface area contributed by atoms with Crippen molar-refractivity contribution in [2.24, 2.45) is 5.10 Å². The van der Waals surface area contributed by atoms with Crippen LogP contribution in [0, 0.1) is 0 Å². The Labute approximate surface area is 209 Å². The summed E-state index contributed by atoms with van der Waals surface area (Å²) in [7, 11) is 0. The van der Waals surface area contributed by atoms with E-state index in [2.05, 4.69) is 33.0 Å². The summed E-state index contributed by atoms with van der Waals surface area (Å²) in [4.78, 5) is 23.4. The number of carboxylic acid groups (broad SMARTS) is 1. The molecular weight excluding hydrogens is 512 g/mol. The van der Waals surface area contributed by atoms with Crippen molar-refractivity contribution in [3.05, 3.63) is 112 Å². The summed E-state index contributed by atoms with van der Waals surface area (Å²) in [5, 5.41) is 13.9. The van der Waals surface area contributed by atoms with E-state index in [0.717, 1.165) is 26.5 Å². The molecule has 0 aliphatic heterocycles. The highest BCUT2D eigenvalue weighted by molar-refractivity contribution is 9.10. The first-order valence-corrected chi connectivity index (χ1v) is 11.4. The van der Waals surface area contributed by atoms with Crippen LogP contribution in [0.25, 0.3) is 11.0 Å². The van der Waals surface area contributed by atoms with Crippen molar-refractivity contribution in [3.63, 3.8) is 0 Å². The molecule has 35 heavy (non-hydrogen) atoms. The smallest absolute Gasteiger partial charge is 0.335 e. The summed E-state index contributed by atoms with van der Waals surface area (Å²) < 4.78 is 12.4. The first kappa shape index (κ1) is 24.0. The lowest BCUT2D eigenvalue weighted by atomic mass is 10.1. The molecule has 0 aliphatic rings. The molecule has 7 nitrogen and oxygen atoms in total. The fourth-order valence-electron chi connectivity index (χ4n) is 3.39. The first-order chi connectivity index (χ1) is 16.9. The van der Waals surface area contributed by atoms with Gasteiger partial charge in [-0.25, -0.2) is 10.2 Å². The van der Waals surface area contributed by atoms with Gasteiger partial charge in [0, 0.05) is 9.86 Å². The van der Waals surface area contributed by atoms with Gasteiger partial charge in [0.1, 0.15) is 17.9 Å². The number of carboxylic acids is 1. The van der Waals surface area contributed by atoms with Gasteiger partial charge in [0.25, 0.3) is 0 Å². The minimum absolute atomic E-state index is 0.169. The number of benzene rings is 3. The second-order valence-electron chi connectivity index (χ2n) is 7.64. The third-order valence-electron chi connectivity index (χ3n) is 5.13. The molecule has 0 saturated heterocycles. The van der Waals surface area contributed by atoms with Gasteiger partial charge in [-0.1, -0.05) is 34.1 Å². The van der Waals surface area contributed by atoms with E-state index in [0.29, 0.717) is 24.4 Å². The Kier molecular flexibility index (Phi) is 7.42. The summed E-state index contributed by atoms with van der Waals surface area (Å²) in [6.45, 7) is 4.09. The molecule has 0 saturated carbocycles. The van der Waals surface area contributed by atoms with Crippen molar-refractivity contribution >= 4 is 45.0 Å². The fourth-order valence-corrected chi connectivity index (χ4v) is 3.77. The highest BCUT2D eigenvalue weighted by atomic mass is 79.9. The van der Waals surface area contributed by atoms with Gasteiger partial charge >= 0.3 is 11.9 Å². The highest BCUT2D eigenvalue weighted by Gasteiger charge is 2.12. The Hall–Kier alpha value is -4.17. The first-order valence-electron chi connectivity index (χ1n) is 10.6. The number of carbonyl (C=O) groups is 2.